The Balaban J connectivity index is 1.81. The van der Waals surface area contributed by atoms with E-state index in [2.05, 4.69) is 57.4 Å². The monoisotopic (exact) mass is 289 g/mol. The molecule has 1 aliphatic rings. The second-order valence-corrected chi connectivity index (χ2v) is 6.99. The molecule has 1 fully saturated rings. The average Bonchev–Trinajstić information content (AvgIpc) is 2.95. The predicted molar refractivity (Wildman–Crippen MR) is 90.1 cm³/mol. The first kappa shape index (κ1) is 16.4. The summed E-state index contributed by atoms with van der Waals surface area (Å²) in [6.45, 7) is 7.66. The zero-order valence-electron chi connectivity index (χ0n) is 14.1. The summed E-state index contributed by atoms with van der Waals surface area (Å²) in [5, 5.41) is 3.44. The van der Waals surface area contributed by atoms with E-state index in [4.69, 9.17) is 4.74 Å². The number of ether oxygens (including phenoxy) is 1. The van der Waals surface area contributed by atoms with Crippen molar-refractivity contribution in [3.63, 3.8) is 0 Å². The molecule has 2 rings (SSSR count). The van der Waals surface area contributed by atoms with Gasteiger partial charge in [0.05, 0.1) is 6.61 Å². The summed E-state index contributed by atoms with van der Waals surface area (Å²) in [5.74, 6) is 1.79. The van der Waals surface area contributed by atoms with Crippen LogP contribution >= 0.6 is 0 Å². The highest BCUT2D eigenvalue weighted by molar-refractivity contribution is 5.31. The van der Waals surface area contributed by atoms with Crippen LogP contribution in [0.1, 0.15) is 58.4 Å². The Kier molecular flexibility index (Phi) is 5.69. The van der Waals surface area contributed by atoms with Gasteiger partial charge >= 0.3 is 0 Å². The van der Waals surface area contributed by atoms with E-state index in [-0.39, 0.29) is 5.41 Å². The summed E-state index contributed by atoms with van der Waals surface area (Å²) in [5.41, 5.74) is 1.64. The molecule has 0 amide bonds. The lowest BCUT2D eigenvalue weighted by molar-refractivity contribution is 0.263. The third-order valence-corrected chi connectivity index (χ3v) is 5.31. The van der Waals surface area contributed by atoms with E-state index in [9.17, 15) is 0 Å². The second kappa shape index (κ2) is 7.31. The van der Waals surface area contributed by atoms with Crippen molar-refractivity contribution in [2.45, 2.75) is 64.3 Å². The van der Waals surface area contributed by atoms with Crippen molar-refractivity contribution in [1.82, 2.24) is 5.32 Å². The molecule has 0 radical (unpaired) electrons. The lowest BCUT2D eigenvalue weighted by Crippen LogP contribution is -2.29. The summed E-state index contributed by atoms with van der Waals surface area (Å²) in [6, 6.07) is 9.37. The molecule has 2 nitrogen and oxygen atoms in total. The summed E-state index contributed by atoms with van der Waals surface area (Å²) in [6.07, 6.45) is 6.34. The molecule has 1 aliphatic carbocycles. The van der Waals surface area contributed by atoms with Crippen molar-refractivity contribution in [2.75, 3.05) is 13.7 Å². The highest BCUT2D eigenvalue weighted by atomic mass is 16.5. The minimum absolute atomic E-state index is 0.252. The van der Waals surface area contributed by atoms with Gasteiger partial charge in [-0.15, -0.1) is 0 Å². The molecule has 1 aromatic carbocycles. The van der Waals surface area contributed by atoms with Crippen LogP contribution in [0, 0.1) is 5.92 Å². The molecule has 1 aromatic rings. The van der Waals surface area contributed by atoms with Crippen molar-refractivity contribution < 1.29 is 4.74 Å². The number of nitrogens with one attached hydrogen (secondary N) is 1. The minimum atomic E-state index is 0.252. The Hall–Kier alpha value is -1.02. The molecule has 0 aliphatic heterocycles. The van der Waals surface area contributed by atoms with Crippen molar-refractivity contribution >= 4 is 0 Å². The normalized spacial score (nSPS) is 22.5. The lowest BCUT2D eigenvalue weighted by Gasteiger charge is -2.23. The fourth-order valence-corrected chi connectivity index (χ4v) is 3.30. The van der Waals surface area contributed by atoms with Crippen molar-refractivity contribution in [2.24, 2.45) is 5.92 Å². The van der Waals surface area contributed by atoms with E-state index in [1.54, 1.807) is 0 Å². The van der Waals surface area contributed by atoms with Gasteiger partial charge in [0.25, 0.3) is 0 Å². The quantitative estimate of drug-likeness (QED) is 0.796. The van der Waals surface area contributed by atoms with Gasteiger partial charge < -0.3 is 10.1 Å². The Morgan fingerprint density at radius 1 is 1.19 bits per heavy atom. The molecule has 2 heteroatoms. The Bertz CT molecular complexity index is 424. The maximum Gasteiger partial charge on any atom is 0.119 e. The fraction of sp³-hybridized carbons (Fsp3) is 0.684. The van der Waals surface area contributed by atoms with Crippen molar-refractivity contribution in [3.05, 3.63) is 29.8 Å². The molecule has 118 valence electrons. The highest BCUT2D eigenvalue weighted by Gasteiger charge is 2.25. The molecular weight excluding hydrogens is 258 g/mol. The predicted octanol–water partition coefficient (Wildman–Crippen LogP) is 4.53. The molecule has 0 saturated heterocycles. The van der Waals surface area contributed by atoms with Crippen molar-refractivity contribution in [3.8, 4) is 5.75 Å². The van der Waals surface area contributed by atoms with Crippen LogP contribution in [0.15, 0.2) is 24.3 Å². The van der Waals surface area contributed by atoms with Gasteiger partial charge in [-0.3, -0.25) is 0 Å². The van der Waals surface area contributed by atoms with Crippen LogP contribution < -0.4 is 10.1 Å². The first-order chi connectivity index (χ1) is 10.1. The maximum atomic E-state index is 5.93. The van der Waals surface area contributed by atoms with Gasteiger partial charge in [-0.2, -0.15) is 0 Å². The minimum Gasteiger partial charge on any atom is -0.494 e. The Morgan fingerprint density at radius 2 is 1.90 bits per heavy atom. The van der Waals surface area contributed by atoms with Gasteiger partial charge in [0.15, 0.2) is 0 Å². The average molecular weight is 289 g/mol. The second-order valence-electron chi connectivity index (χ2n) is 6.99. The number of hydrogen-bond donors (Lipinski definition) is 1. The van der Waals surface area contributed by atoms with Crippen LogP contribution in [0.5, 0.6) is 5.75 Å². The van der Waals surface area contributed by atoms with Crippen LogP contribution in [-0.2, 0) is 5.41 Å². The molecule has 2 atom stereocenters. The number of benzene rings is 1. The number of rotatable bonds is 7. The first-order valence-electron chi connectivity index (χ1n) is 8.47. The van der Waals surface area contributed by atoms with Crippen LogP contribution in [-0.4, -0.2) is 19.7 Å². The Morgan fingerprint density at radius 3 is 2.52 bits per heavy atom. The summed E-state index contributed by atoms with van der Waals surface area (Å²) in [7, 11) is 2.08. The highest BCUT2D eigenvalue weighted by Crippen LogP contribution is 2.30. The van der Waals surface area contributed by atoms with Gasteiger partial charge in [-0.05, 0) is 61.8 Å². The zero-order chi connectivity index (χ0) is 15.3. The van der Waals surface area contributed by atoms with Crippen LogP contribution in [0.25, 0.3) is 0 Å². The fourth-order valence-electron chi connectivity index (χ4n) is 3.30. The maximum absolute atomic E-state index is 5.93. The molecule has 1 saturated carbocycles. The molecule has 0 heterocycles. The first-order valence-corrected chi connectivity index (χ1v) is 8.47. The van der Waals surface area contributed by atoms with Gasteiger partial charge in [0.2, 0.25) is 0 Å². The SMILES string of the molecule is CCC(C)(C)c1ccc(OCCC2CCCC2NC)cc1. The molecule has 1 N–H and O–H groups in total. The zero-order valence-corrected chi connectivity index (χ0v) is 14.1. The van der Waals surface area contributed by atoms with Gasteiger partial charge in [0.1, 0.15) is 5.75 Å². The summed E-state index contributed by atoms with van der Waals surface area (Å²) < 4.78 is 5.93. The third-order valence-electron chi connectivity index (χ3n) is 5.31. The standard InChI is InChI=1S/C19H31NO/c1-5-19(2,3)16-9-11-17(12-10-16)21-14-13-15-7-6-8-18(15)20-4/h9-12,15,18,20H,5-8,13-14H2,1-4H3. The van der Waals surface area contributed by atoms with E-state index in [0.717, 1.165) is 31.1 Å². The van der Waals surface area contributed by atoms with Crippen LogP contribution in [0.4, 0.5) is 0 Å². The van der Waals surface area contributed by atoms with E-state index in [0.29, 0.717) is 6.04 Å². The number of hydrogen-bond acceptors (Lipinski definition) is 2. The molecule has 21 heavy (non-hydrogen) atoms. The summed E-state index contributed by atoms with van der Waals surface area (Å²) in [4.78, 5) is 0. The molecule has 0 bridgehead atoms. The lowest BCUT2D eigenvalue weighted by atomic mass is 9.82. The van der Waals surface area contributed by atoms with Crippen molar-refractivity contribution in [1.29, 1.82) is 0 Å². The molecular formula is C19H31NO. The van der Waals surface area contributed by atoms with Gasteiger partial charge in [-0.1, -0.05) is 39.3 Å². The van der Waals surface area contributed by atoms with Crippen LogP contribution in [0.2, 0.25) is 0 Å². The molecule has 2 unspecified atom stereocenters. The Labute approximate surface area is 130 Å². The van der Waals surface area contributed by atoms with Gasteiger partial charge in [0, 0.05) is 6.04 Å². The third kappa shape index (κ3) is 4.23. The molecule has 0 aromatic heterocycles. The van der Waals surface area contributed by atoms with E-state index < -0.39 is 0 Å². The van der Waals surface area contributed by atoms with Crippen LogP contribution in [0.3, 0.4) is 0 Å². The smallest absolute Gasteiger partial charge is 0.119 e. The van der Waals surface area contributed by atoms with E-state index in [1.165, 1.54) is 24.8 Å². The summed E-state index contributed by atoms with van der Waals surface area (Å²) >= 11 is 0. The molecule has 0 spiro atoms. The van der Waals surface area contributed by atoms with E-state index in [1.807, 2.05) is 0 Å². The largest absolute Gasteiger partial charge is 0.494 e. The van der Waals surface area contributed by atoms with Gasteiger partial charge in [-0.25, -0.2) is 0 Å². The van der Waals surface area contributed by atoms with E-state index >= 15 is 0 Å². The topological polar surface area (TPSA) is 21.3 Å².